The molecule has 1 aliphatic rings. The van der Waals surface area contributed by atoms with Gasteiger partial charge in [-0.3, -0.25) is 4.79 Å². The molecule has 0 unspecified atom stereocenters. The second-order valence-corrected chi connectivity index (χ2v) is 6.03. The van der Waals surface area contributed by atoms with E-state index in [0.717, 1.165) is 16.9 Å². The number of anilines is 1. The van der Waals surface area contributed by atoms with Crippen LogP contribution in [0.25, 0.3) is 11.6 Å². The minimum absolute atomic E-state index is 0.0553. The average molecular weight is 267 g/mol. The molecule has 1 aromatic carbocycles. The summed E-state index contributed by atoms with van der Waals surface area (Å²) < 4.78 is 0. The highest BCUT2D eigenvalue weighted by molar-refractivity contribution is 6.34. The van der Waals surface area contributed by atoms with Gasteiger partial charge in [0.2, 0.25) is 0 Å². The molecule has 2 aromatic rings. The lowest BCUT2D eigenvalue weighted by atomic mass is 9.85. The van der Waals surface area contributed by atoms with Crippen molar-refractivity contribution >= 4 is 23.2 Å². The van der Waals surface area contributed by atoms with Gasteiger partial charge in [0.15, 0.2) is 0 Å². The number of aromatic amines is 1. The molecule has 0 bridgehead atoms. The van der Waals surface area contributed by atoms with Crippen LogP contribution in [0.3, 0.4) is 0 Å². The Balaban J connectivity index is 2.11. The van der Waals surface area contributed by atoms with Crippen molar-refractivity contribution in [3.63, 3.8) is 0 Å². The van der Waals surface area contributed by atoms with Crippen LogP contribution in [0.15, 0.2) is 30.7 Å². The van der Waals surface area contributed by atoms with Crippen LogP contribution in [0, 0.1) is 0 Å². The fraction of sp³-hybridized carbons (Fsp3) is 0.250. The normalized spacial score (nSPS) is 16.4. The van der Waals surface area contributed by atoms with Gasteiger partial charge < -0.3 is 10.3 Å². The molecule has 102 valence electrons. The third-order valence-electron chi connectivity index (χ3n) is 3.49. The Kier molecular flexibility index (Phi) is 2.74. The van der Waals surface area contributed by atoms with E-state index in [0.29, 0.717) is 5.57 Å². The number of nitrogens with zero attached hydrogens (tertiary/aromatic N) is 1. The minimum Gasteiger partial charge on any atom is -0.345 e. The highest BCUT2D eigenvalue weighted by atomic mass is 16.2. The number of carbonyl (C=O) groups excluding carboxylic acids is 1. The number of hydrogen-bond acceptors (Lipinski definition) is 2. The van der Waals surface area contributed by atoms with Crippen molar-refractivity contribution in [1.29, 1.82) is 0 Å². The Morgan fingerprint density at radius 2 is 2.05 bits per heavy atom. The molecule has 4 heteroatoms. The number of nitrogens with one attached hydrogen (secondary N) is 2. The number of carbonyl (C=O) groups is 1. The van der Waals surface area contributed by atoms with Crippen molar-refractivity contribution in [3.8, 4) is 0 Å². The maximum absolute atomic E-state index is 12.1. The number of hydrogen-bond donors (Lipinski definition) is 2. The van der Waals surface area contributed by atoms with Crippen molar-refractivity contribution in [2.75, 3.05) is 5.32 Å². The number of rotatable bonds is 1. The first kappa shape index (κ1) is 12.7. The summed E-state index contributed by atoms with van der Waals surface area (Å²) in [6, 6.07) is 6.13. The van der Waals surface area contributed by atoms with Crippen LogP contribution in [-0.2, 0) is 10.2 Å². The maximum atomic E-state index is 12.1. The monoisotopic (exact) mass is 267 g/mol. The molecule has 0 saturated heterocycles. The van der Waals surface area contributed by atoms with Gasteiger partial charge in [0.05, 0.1) is 23.8 Å². The first-order valence-corrected chi connectivity index (χ1v) is 6.61. The topological polar surface area (TPSA) is 57.8 Å². The molecule has 3 rings (SSSR count). The molecule has 0 fully saturated rings. The summed E-state index contributed by atoms with van der Waals surface area (Å²) in [7, 11) is 0. The first-order chi connectivity index (χ1) is 9.45. The predicted molar refractivity (Wildman–Crippen MR) is 80.2 cm³/mol. The molecule has 1 amide bonds. The number of aromatic nitrogens is 2. The van der Waals surface area contributed by atoms with Crippen LogP contribution in [0.5, 0.6) is 0 Å². The van der Waals surface area contributed by atoms with Gasteiger partial charge in [-0.05, 0) is 29.2 Å². The van der Waals surface area contributed by atoms with Gasteiger partial charge in [-0.2, -0.15) is 0 Å². The molecule has 0 atom stereocenters. The van der Waals surface area contributed by atoms with Gasteiger partial charge in [-0.15, -0.1) is 0 Å². The van der Waals surface area contributed by atoms with Crippen molar-refractivity contribution in [3.05, 3.63) is 47.5 Å². The van der Waals surface area contributed by atoms with E-state index in [1.807, 2.05) is 12.1 Å². The Hall–Kier alpha value is -2.36. The molecule has 0 spiro atoms. The molecular formula is C16H17N3O. The van der Waals surface area contributed by atoms with Gasteiger partial charge in [0, 0.05) is 11.3 Å². The van der Waals surface area contributed by atoms with Gasteiger partial charge in [-0.1, -0.05) is 26.8 Å². The van der Waals surface area contributed by atoms with Crippen LogP contribution in [0.1, 0.15) is 37.6 Å². The molecule has 0 saturated carbocycles. The number of fused-ring (bicyclic) bond motifs is 1. The fourth-order valence-electron chi connectivity index (χ4n) is 2.30. The number of imidazole rings is 1. The van der Waals surface area contributed by atoms with E-state index in [-0.39, 0.29) is 11.3 Å². The van der Waals surface area contributed by atoms with Gasteiger partial charge in [0.1, 0.15) is 0 Å². The van der Waals surface area contributed by atoms with E-state index in [4.69, 9.17) is 0 Å². The van der Waals surface area contributed by atoms with Gasteiger partial charge >= 0.3 is 0 Å². The van der Waals surface area contributed by atoms with Crippen LogP contribution >= 0.6 is 0 Å². The average Bonchev–Trinajstić information content (AvgIpc) is 2.97. The lowest BCUT2D eigenvalue weighted by Crippen LogP contribution is -2.10. The number of H-pyrrole nitrogens is 1. The first-order valence-electron chi connectivity index (χ1n) is 6.61. The Morgan fingerprint density at radius 3 is 2.70 bits per heavy atom. The predicted octanol–water partition coefficient (Wildman–Crippen LogP) is 3.20. The number of amides is 1. The molecule has 1 aromatic heterocycles. The van der Waals surface area contributed by atoms with Crippen LogP contribution in [0.4, 0.5) is 5.69 Å². The zero-order valence-corrected chi connectivity index (χ0v) is 11.8. The zero-order valence-electron chi connectivity index (χ0n) is 11.8. The quantitative estimate of drug-likeness (QED) is 0.779. The maximum Gasteiger partial charge on any atom is 0.256 e. The summed E-state index contributed by atoms with van der Waals surface area (Å²) in [5.41, 5.74) is 4.59. The fourth-order valence-corrected chi connectivity index (χ4v) is 2.30. The Morgan fingerprint density at radius 1 is 1.25 bits per heavy atom. The summed E-state index contributed by atoms with van der Waals surface area (Å²) in [4.78, 5) is 19.1. The van der Waals surface area contributed by atoms with E-state index in [1.54, 1.807) is 12.5 Å². The van der Waals surface area contributed by atoms with Gasteiger partial charge in [-0.25, -0.2) is 4.98 Å². The summed E-state index contributed by atoms with van der Waals surface area (Å²) >= 11 is 0. The minimum atomic E-state index is -0.0688. The third kappa shape index (κ3) is 2.13. The zero-order chi connectivity index (χ0) is 14.3. The standard InChI is InChI=1S/C16H17N3O/c1-16(2,3)10-4-5-14-12(6-10)13(15(20)19-14)7-11-8-17-9-18-11/h4-9H,1-3H3,(H,17,18)(H,19,20)/b13-7+. The molecule has 0 aliphatic carbocycles. The summed E-state index contributed by atoms with van der Waals surface area (Å²) in [6.07, 6.45) is 5.14. The summed E-state index contributed by atoms with van der Waals surface area (Å²) in [6.45, 7) is 6.49. The second-order valence-electron chi connectivity index (χ2n) is 6.03. The lowest BCUT2D eigenvalue weighted by Gasteiger charge is -2.19. The van der Waals surface area contributed by atoms with E-state index < -0.39 is 0 Å². The lowest BCUT2D eigenvalue weighted by molar-refractivity contribution is -0.110. The van der Waals surface area contributed by atoms with Crippen molar-refractivity contribution in [2.45, 2.75) is 26.2 Å². The highest BCUT2D eigenvalue weighted by Crippen LogP contribution is 2.36. The molecular weight excluding hydrogens is 250 g/mol. The van der Waals surface area contributed by atoms with Crippen molar-refractivity contribution in [1.82, 2.24) is 9.97 Å². The molecule has 2 heterocycles. The Bertz CT molecular complexity index is 691. The molecule has 4 nitrogen and oxygen atoms in total. The Labute approximate surface area is 117 Å². The van der Waals surface area contributed by atoms with Crippen LogP contribution < -0.4 is 5.32 Å². The second kappa shape index (κ2) is 4.34. The van der Waals surface area contributed by atoms with E-state index in [9.17, 15) is 4.79 Å². The van der Waals surface area contributed by atoms with Crippen molar-refractivity contribution in [2.24, 2.45) is 0 Å². The number of benzene rings is 1. The van der Waals surface area contributed by atoms with Crippen molar-refractivity contribution < 1.29 is 4.79 Å². The van der Waals surface area contributed by atoms with Crippen LogP contribution in [0.2, 0.25) is 0 Å². The smallest absolute Gasteiger partial charge is 0.256 e. The molecule has 1 aliphatic heterocycles. The summed E-state index contributed by atoms with van der Waals surface area (Å²) in [5, 5.41) is 2.90. The molecule has 0 radical (unpaired) electrons. The highest BCUT2D eigenvalue weighted by Gasteiger charge is 2.26. The van der Waals surface area contributed by atoms with E-state index in [1.165, 1.54) is 5.56 Å². The van der Waals surface area contributed by atoms with E-state index >= 15 is 0 Å². The van der Waals surface area contributed by atoms with Gasteiger partial charge in [0.25, 0.3) is 5.91 Å². The SMILES string of the molecule is CC(C)(C)c1ccc2c(c1)/C(=C\c1cnc[nH]1)C(=O)N2. The molecule has 20 heavy (non-hydrogen) atoms. The largest absolute Gasteiger partial charge is 0.345 e. The third-order valence-corrected chi connectivity index (χ3v) is 3.49. The van der Waals surface area contributed by atoms with Crippen LogP contribution in [-0.4, -0.2) is 15.9 Å². The van der Waals surface area contributed by atoms with E-state index in [2.05, 4.69) is 48.2 Å². The molecule has 2 N–H and O–H groups in total. The summed E-state index contributed by atoms with van der Waals surface area (Å²) in [5.74, 6) is -0.0688.